The Morgan fingerprint density at radius 1 is 1.14 bits per heavy atom. The quantitative estimate of drug-likeness (QED) is 0.538. The van der Waals surface area contributed by atoms with Crippen LogP contribution in [0.15, 0.2) is 40.9 Å². The molecule has 0 spiro atoms. The Bertz CT molecular complexity index is 835. The first-order chi connectivity index (χ1) is 13.6. The van der Waals surface area contributed by atoms with Crippen LogP contribution in [0, 0.1) is 0 Å². The molecule has 0 unspecified atom stereocenters. The van der Waals surface area contributed by atoms with E-state index < -0.39 is 0 Å². The van der Waals surface area contributed by atoms with Crippen LogP contribution < -0.4 is 14.2 Å². The van der Waals surface area contributed by atoms with Crippen molar-refractivity contribution < 1.29 is 19.0 Å². The number of benzene rings is 2. The molecule has 1 aliphatic carbocycles. The predicted octanol–water partition coefficient (Wildman–Crippen LogP) is 5.06. The van der Waals surface area contributed by atoms with Crippen molar-refractivity contribution in [2.45, 2.75) is 38.8 Å². The molecule has 1 amide bonds. The zero-order chi connectivity index (χ0) is 20.1. The van der Waals surface area contributed by atoms with Crippen molar-refractivity contribution in [3.8, 4) is 17.2 Å². The van der Waals surface area contributed by atoms with E-state index in [9.17, 15) is 4.79 Å². The first kappa shape index (κ1) is 20.5. The average Bonchev–Trinajstić information content (AvgIpc) is 3.55. The van der Waals surface area contributed by atoms with Crippen LogP contribution in [0.5, 0.6) is 17.2 Å². The highest BCUT2D eigenvalue weighted by atomic mass is 79.9. The molecule has 1 saturated carbocycles. The summed E-state index contributed by atoms with van der Waals surface area (Å²) < 4.78 is 17.4. The van der Waals surface area contributed by atoms with E-state index in [4.69, 9.17) is 14.2 Å². The minimum absolute atomic E-state index is 0.0190. The second-order valence-electron chi connectivity index (χ2n) is 6.81. The second kappa shape index (κ2) is 9.32. The highest BCUT2D eigenvalue weighted by molar-refractivity contribution is 9.10. The second-order valence-corrected chi connectivity index (χ2v) is 7.67. The van der Waals surface area contributed by atoms with Gasteiger partial charge in [-0.25, -0.2) is 0 Å². The van der Waals surface area contributed by atoms with Crippen LogP contribution in [0.4, 0.5) is 0 Å². The number of halogens is 1. The molecule has 0 radical (unpaired) electrons. The van der Waals surface area contributed by atoms with Gasteiger partial charge in [-0.1, -0.05) is 25.1 Å². The third-order valence-corrected chi connectivity index (χ3v) is 5.30. The van der Waals surface area contributed by atoms with Crippen molar-refractivity contribution in [1.82, 2.24) is 4.90 Å². The molecule has 0 bridgehead atoms. The Labute approximate surface area is 174 Å². The van der Waals surface area contributed by atoms with E-state index in [1.165, 1.54) is 0 Å². The lowest BCUT2D eigenvalue weighted by Crippen LogP contribution is -2.32. The lowest BCUT2D eigenvalue weighted by atomic mass is 10.1. The van der Waals surface area contributed by atoms with E-state index >= 15 is 0 Å². The number of rotatable bonds is 9. The zero-order valence-corrected chi connectivity index (χ0v) is 18.1. The standard InChI is InChI=1S/C22H26BrNO4/c1-4-11-28-21-18(23)12-16(13-20(21)27-3)22(25)24(17-9-10-17)14-15-7-5-6-8-19(15)26-2/h5-8,12-13,17H,4,9-11,14H2,1-3H3. The number of carbonyl (C=O) groups is 1. The van der Waals surface area contributed by atoms with E-state index in [2.05, 4.69) is 15.9 Å². The van der Waals surface area contributed by atoms with Gasteiger partial charge in [0.15, 0.2) is 11.5 Å². The SMILES string of the molecule is CCCOc1c(Br)cc(C(=O)N(Cc2ccccc2OC)C2CC2)cc1OC. The van der Waals surface area contributed by atoms with Gasteiger partial charge >= 0.3 is 0 Å². The van der Waals surface area contributed by atoms with E-state index in [1.54, 1.807) is 20.3 Å². The van der Waals surface area contributed by atoms with Gasteiger partial charge in [-0.05, 0) is 53.4 Å². The molecule has 0 aromatic heterocycles. The molecule has 0 atom stereocenters. The fourth-order valence-electron chi connectivity index (χ4n) is 3.12. The van der Waals surface area contributed by atoms with Gasteiger partial charge in [0.2, 0.25) is 0 Å². The summed E-state index contributed by atoms with van der Waals surface area (Å²) in [5.74, 6) is 1.96. The average molecular weight is 448 g/mol. The Kier molecular flexibility index (Phi) is 6.83. The summed E-state index contributed by atoms with van der Waals surface area (Å²) in [5.41, 5.74) is 1.58. The van der Waals surface area contributed by atoms with Crippen molar-refractivity contribution >= 4 is 21.8 Å². The molecule has 0 saturated heterocycles. The van der Waals surface area contributed by atoms with Gasteiger partial charge in [-0.3, -0.25) is 4.79 Å². The van der Waals surface area contributed by atoms with Crippen molar-refractivity contribution in [3.05, 3.63) is 52.0 Å². The number of amides is 1. The molecule has 150 valence electrons. The van der Waals surface area contributed by atoms with E-state index in [-0.39, 0.29) is 11.9 Å². The maximum Gasteiger partial charge on any atom is 0.254 e. The third-order valence-electron chi connectivity index (χ3n) is 4.71. The minimum atomic E-state index is -0.0190. The lowest BCUT2D eigenvalue weighted by molar-refractivity contribution is 0.0728. The predicted molar refractivity (Wildman–Crippen MR) is 112 cm³/mol. The molecule has 5 nitrogen and oxygen atoms in total. The molecule has 0 aliphatic heterocycles. The molecule has 3 rings (SSSR count). The zero-order valence-electron chi connectivity index (χ0n) is 16.5. The first-order valence-electron chi connectivity index (χ1n) is 9.52. The van der Waals surface area contributed by atoms with E-state index in [0.717, 1.165) is 35.0 Å². The summed E-state index contributed by atoms with van der Waals surface area (Å²) in [5, 5.41) is 0. The van der Waals surface area contributed by atoms with Gasteiger partial charge in [0.1, 0.15) is 5.75 Å². The molecule has 1 aliphatic rings. The fourth-order valence-corrected chi connectivity index (χ4v) is 3.68. The van der Waals surface area contributed by atoms with Crippen LogP contribution >= 0.6 is 15.9 Å². The normalized spacial score (nSPS) is 13.1. The van der Waals surface area contributed by atoms with Gasteiger partial charge < -0.3 is 19.1 Å². The number of nitrogens with zero attached hydrogens (tertiary/aromatic N) is 1. The molecular formula is C22H26BrNO4. The summed E-state index contributed by atoms with van der Waals surface area (Å²) in [6.07, 6.45) is 2.94. The molecule has 28 heavy (non-hydrogen) atoms. The van der Waals surface area contributed by atoms with Crippen LogP contribution in [0.25, 0.3) is 0 Å². The Morgan fingerprint density at radius 3 is 2.50 bits per heavy atom. The number of methoxy groups -OCH3 is 2. The number of hydrogen-bond acceptors (Lipinski definition) is 4. The van der Waals surface area contributed by atoms with Gasteiger partial charge in [-0.2, -0.15) is 0 Å². The monoisotopic (exact) mass is 447 g/mol. The Morgan fingerprint density at radius 2 is 1.86 bits per heavy atom. The van der Waals surface area contributed by atoms with Crippen LogP contribution in [0.3, 0.4) is 0 Å². The summed E-state index contributed by atoms with van der Waals surface area (Å²) in [7, 11) is 3.24. The number of carbonyl (C=O) groups excluding carboxylic acids is 1. The van der Waals surface area contributed by atoms with Gasteiger partial charge in [0.05, 0.1) is 25.3 Å². The summed E-state index contributed by atoms with van der Waals surface area (Å²) in [6.45, 7) is 3.15. The van der Waals surface area contributed by atoms with Crippen molar-refractivity contribution in [2.75, 3.05) is 20.8 Å². The number of hydrogen-bond donors (Lipinski definition) is 0. The molecule has 0 N–H and O–H groups in total. The smallest absolute Gasteiger partial charge is 0.254 e. The van der Waals surface area contributed by atoms with E-state index in [0.29, 0.717) is 30.2 Å². The highest BCUT2D eigenvalue weighted by Crippen LogP contribution is 2.38. The summed E-state index contributed by atoms with van der Waals surface area (Å²) >= 11 is 3.53. The third kappa shape index (κ3) is 4.61. The maximum atomic E-state index is 13.3. The van der Waals surface area contributed by atoms with Crippen LogP contribution in [0.2, 0.25) is 0 Å². The fraction of sp³-hybridized carbons (Fsp3) is 0.409. The van der Waals surface area contributed by atoms with Crippen molar-refractivity contribution in [1.29, 1.82) is 0 Å². The summed E-state index contributed by atoms with van der Waals surface area (Å²) in [6, 6.07) is 11.7. The van der Waals surface area contributed by atoms with Crippen LogP contribution in [-0.4, -0.2) is 37.7 Å². The largest absolute Gasteiger partial charge is 0.496 e. The topological polar surface area (TPSA) is 48.0 Å². The van der Waals surface area contributed by atoms with Crippen LogP contribution in [0.1, 0.15) is 42.1 Å². The highest BCUT2D eigenvalue weighted by Gasteiger charge is 2.34. The van der Waals surface area contributed by atoms with Crippen molar-refractivity contribution in [2.24, 2.45) is 0 Å². The molecule has 1 fully saturated rings. The molecule has 2 aromatic carbocycles. The maximum absolute atomic E-state index is 13.3. The molecular weight excluding hydrogens is 422 g/mol. The first-order valence-corrected chi connectivity index (χ1v) is 10.3. The number of para-hydroxylation sites is 1. The minimum Gasteiger partial charge on any atom is -0.496 e. The molecule has 6 heteroatoms. The Hall–Kier alpha value is -2.21. The lowest BCUT2D eigenvalue weighted by Gasteiger charge is -2.24. The molecule has 0 heterocycles. The molecule has 2 aromatic rings. The summed E-state index contributed by atoms with van der Waals surface area (Å²) in [4.78, 5) is 15.3. The number of ether oxygens (including phenoxy) is 3. The Balaban J connectivity index is 1.88. The van der Waals surface area contributed by atoms with Gasteiger partial charge in [-0.15, -0.1) is 0 Å². The van der Waals surface area contributed by atoms with Crippen LogP contribution in [-0.2, 0) is 6.54 Å². The van der Waals surface area contributed by atoms with Crippen molar-refractivity contribution in [3.63, 3.8) is 0 Å². The van der Waals surface area contributed by atoms with E-state index in [1.807, 2.05) is 42.2 Å². The van der Waals surface area contributed by atoms with Gasteiger partial charge in [0.25, 0.3) is 5.91 Å². The van der Waals surface area contributed by atoms with Gasteiger partial charge in [0, 0.05) is 23.7 Å².